The summed E-state index contributed by atoms with van der Waals surface area (Å²) in [5, 5.41) is 5.14. The van der Waals surface area contributed by atoms with Gasteiger partial charge in [-0.1, -0.05) is 45.4 Å². The van der Waals surface area contributed by atoms with Crippen LogP contribution in [0.15, 0.2) is 48.5 Å². The Labute approximate surface area is 201 Å². The van der Waals surface area contributed by atoms with Crippen LogP contribution in [0, 0.1) is 34.9 Å². The Kier molecular flexibility index (Phi) is 4.42. The number of benzene rings is 2. The highest BCUT2D eigenvalue weighted by Gasteiger charge is 2.69. The molecule has 0 radical (unpaired) electrons. The summed E-state index contributed by atoms with van der Waals surface area (Å²) in [6, 6.07) is 14.2. The lowest BCUT2D eigenvalue weighted by atomic mass is 9.49. The summed E-state index contributed by atoms with van der Waals surface area (Å²) in [4.78, 5) is 13.8. The minimum Gasteiger partial charge on any atom is -0.267 e. The van der Waals surface area contributed by atoms with Gasteiger partial charge in [0.2, 0.25) is 0 Å². The molecule has 1 spiro atoms. The molecule has 0 saturated heterocycles. The van der Waals surface area contributed by atoms with Crippen molar-refractivity contribution in [3.8, 4) is 11.3 Å². The second-order valence-corrected chi connectivity index (χ2v) is 12.2. The summed E-state index contributed by atoms with van der Waals surface area (Å²) in [5.74, 6) is 0.613. The van der Waals surface area contributed by atoms with Crippen LogP contribution in [0.3, 0.4) is 0 Å². The van der Waals surface area contributed by atoms with Gasteiger partial charge in [-0.15, -0.1) is 0 Å². The number of rotatable bonds is 2. The van der Waals surface area contributed by atoms with Gasteiger partial charge in [-0.05, 0) is 91.2 Å². The number of halogens is 1. The van der Waals surface area contributed by atoms with Gasteiger partial charge in [0.15, 0.2) is 0 Å². The van der Waals surface area contributed by atoms with Crippen molar-refractivity contribution in [3.05, 3.63) is 76.7 Å². The first kappa shape index (κ1) is 21.8. The summed E-state index contributed by atoms with van der Waals surface area (Å²) < 4.78 is 15.5. The zero-order valence-electron chi connectivity index (χ0n) is 20.8. The van der Waals surface area contributed by atoms with Gasteiger partial charge in [-0.3, -0.25) is 4.79 Å². The molecule has 3 atom stereocenters. The molecule has 6 rings (SSSR count). The number of hydrogen-bond acceptors (Lipinski definition) is 2. The summed E-state index contributed by atoms with van der Waals surface area (Å²) in [6.45, 7) is 11.7. The third kappa shape index (κ3) is 2.74. The first-order chi connectivity index (χ1) is 16.0. The Morgan fingerprint density at radius 1 is 1.03 bits per heavy atom. The molecule has 0 N–H and O–H groups in total. The number of nitrogens with zero attached hydrogens (tertiary/aromatic N) is 2. The summed E-state index contributed by atoms with van der Waals surface area (Å²) >= 11 is 0. The summed E-state index contributed by atoms with van der Waals surface area (Å²) in [6.07, 6.45) is 4.66. The Hall–Kier alpha value is -2.75. The number of fused-ring (bicyclic) bond motifs is 3. The molecule has 34 heavy (non-hydrogen) atoms. The minimum absolute atomic E-state index is 0.0999. The molecule has 2 saturated carbocycles. The topological polar surface area (TPSA) is 34.9 Å². The maximum absolute atomic E-state index is 13.8. The Morgan fingerprint density at radius 2 is 1.71 bits per heavy atom. The van der Waals surface area contributed by atoms with E-state index in [-0.39, 0.29) is 28.0 Å². The molecule has 3 unspecified atom stereocenters. The van der Waals surface area contributed by atoms with Gasteiger partial charge in [0.05, 0.1) is 11.4 Å². The van der Waals surface area contributed by atoms with Gasteiger partial charge in [0, 0.05) is 22.6 Å². The molecule has 0 amide bonds. The highest BCUT2D eigenvalue weighted by molar-refractivity contribution is 5.98. The lowest BCUT2D eigenvalue weighted by Crippen LogP contribution is -2.48. The zero-order chi connectivity index (χ0) is 24.0. The molecule has 3 aliphatic rings. The van der Waals surface area contributed by atoms with Crippen LogP contribution < -0.4 is 0 Å². The van der Waals surface area contributed by atoms with Crippen LogP contribution >= 0.6 is 0 Å². The van der Waals surface area contributed by atoms with Crippen LogP contribution in [-0.2, 0) is 6.42 Å². The third-order valence-electron chi connectivity index (χ3n) is 9.76. The highest BCUT2D eigenvalue weighted by Crippen LogP contribution is 2.77. The van der Waals surface area contributed by atoms with Crippen molar-refractivity contribution in [1.29, 1.82) is 0 Å². The van der Waals surface area contributed by atoms with Crippen molar-refractivity contribution in [2.45, 2.75) is 66.2 Å². The van der Waals surface area contributed by atoms with Crippen molar-refractivity contribution >= 4 is 5.91 Å². The van der Waals surface area contributed by atoms with E-state index in [0.717, 1.165) is 28.9 Å². The van der Waals surface area contributed by atoms with E-state index >= 15 is 0 Å². The lowest BCUT2D eigenvalue weighted by molar-refractivity contribution is 0.00338. The number of hydrogen-bond donors (Lipinski definition) is 0. The highest BCUT2D eigenvalue weighted by atomic mass is 19.1. The van der Waals surface area contributed by atoms with E-state index in [4.69, 9.17) is 5.10 Å². The maximum Gasteiger partial charge on any atom is 0.278 e. The standard InChI is InChI=1S/C30H33FN2O/c1-18-6-8-20(9-7-18)27(34)33-25(19-10-12-22(31)13-11-19)23-17-28(2,3)30-15-14-21(16-30)29(4,5)26(30)24(23)32-33/h6-13,21,26H,14-17H2,1-5H3. The fourth-order valence-electron chi connectivity index (χ4n) is 7.90. The van der Waals surface area contributed by atoms with E-state index < -0.39 is 0 Å². The van der Waals surface area contributed by atoms with Gasteiger partial charge in [0.1, 0.15) is 5.82 Å². The van der Waals surface area contributed by atoms with E-state index in [0.29, 0.717) is 17.4 Å². The molecule has 176 valence electrons. The second-order valence-electron chi connectivity index (χ2n) is 12.2. The van der Waals surface area contributed by atoms with Crippen LogP contribution in [0.4, 0.5) is 4.39 Å². The van der Waals surface area contributed by atoms with Crippen molar-refractivity contribution in [2.75, 3.05) is 0 Å². The SMILES string of the molecule is Cc1ccc(C(=O)n2nc3c(c2-c2ccc(F)cc2)CC(C)(C)C24CCC(C2)C(C)(C)C34)cc1. The largest absolute Gasteiger partial charge is 0.278 e. The van der Waals surface area contributed by atoms with Crippen LogP contribution in [-0.4, -0.2) is 15.7 Å². The van der Waals surface area contributed by atoms with Crippen molar-refractivity contribution in [2.24, 2.45) is 22.2 Å². The molecule has 2 aromatic carbocycles. The van der Waals surface area contributed by atoms with Crippen molar-refractivity contribution < 1.29 is 9.18 Å². The maximum atomic E-state index is 13.8. The molecule has 1 aromatic heterocycles. The predicted molar refractivity (Wildman–Crippen MR) is 132 cm³/mol. The third-order valence-corrected chi connectivity index (χ3v) is 9.76. The van der Waals surface area contributed by atoms with Gasteiger partial charge < -0.3 is 0 Å². The van der Waals surface area contributed by atoms with Gasteiger partial charge in [-0.25, -0.2) is 4.39 Å². The fraction of sp³-hybridized carbons (Fsp3) is 0.467. The Bertz CT molecular complexity index is 1300. The molecule has 0 aliphatic heterocycles. The molecular weight excluding hydrogens is 423 g/mol. The molecular formula is C30H33FN2O. The average Bonchev–Trinajstić information content (AvgIpc) is 3.44. The van der Waals surface area contributed by atoms with Crippen molar-refractivity contribution in [1.82, 2.24) is 9.78 Å². The van der Waals surface area contributed by atoms with Gasteiger partial charge >= 0.3 is 0 Å². The predicted octanol–water partition coefficient (Wildman–Crippen LogP) is 7.18. The van der Waals surface area contributed by atoms with Gasteiger partial charge in [0.25, 0.3) is 5.91 Å². The zero-order valence-corrected chi connectivity index (χ0v) is 20.8. The van der Waals surface area contributed by atoms with E-state index in [1.54, 1.807) is 16.8 Å². The van der Waals surface area contributed by atoms with E-state index in [9.17, 15) is 9.18 Å². The minimum atomic E-state index is -0.276. The summed E-state index contributed by atoms with van der Waals surface area (Å²) in [5.41, 5.74) is 6.16. The normalized spacial score (nSPS) is 27.9. The number of carbonyl (C=O) groups excluding carboxylic acids is 1. The smallest absolute Gasteiger partial charge is 0.267 e. The molecule has 2 fully saturated rings. The number of carbonyl (C=O) groups is 1. The number of aromatic nitrogens is 2. The average molecular weight is 457 g/mol. The number of aryl methyl sites for hydroxylation is 1. The lowest BCUT2D eigenvalue weighted by Gasteiger charge is -2.55. The van der Waals surface area contributed by atoms with E-state index in [2.05, 4.69) is 27.7 Å². The molecule has 3 nitrogen and oxygen atoms in total. The van der Waals surface area contributed by atoms with Crippen molar-refractivity contribution in [3.63, 3.8) is 0 Å². The Balaban J connectivity index is 1.61. The second kappa shape index (κ2) is 6.90. The van der Waals surface area contributed by atoms with Crippen LogP contribution in [0.25, 0.3) is 11.3 Å². The molecule has 4 heteroatoms. The Morgan fingerprint density at radius 3 is 2.38 bits per heavy atom. The fourth-order valence-corrected chi connectivity index (χ4v) is 7.90. The molecule has 1 heterocycles. The molecule has 3 aliphatic carbocycles. The first-order valence-corrected chi connectivity index (χ1v) is 12.5. The molecule has 2 bridgehead atoms. The van der Waals surface area contributed by atoms with Crippen LogP contribution in [0.1, 0.15) is 80.1 Å². The monoisotopic (exact) mass is 456 g/mol. The van der Waals surface area contributed by atoms with E-state index in [1.807, 2.05) is 31.2 Å². The van der Waals surface area contributed by atoms with Crippen LogP contribution in [0.5, 0.6) is 0 Å². The quantitative estimate of drug-likeness (QED) is 0.409. The van der Waals surface area contributed by atoms with Crippen LogP contribution in [0.2, 0.25) is 0 Å². The molecule has 3 aromatic rings. The van der Waals surface area contributed by atoms with Gasteiger partial charge in [-0.2, -0.15) is 9.78 Å². The summed E-state index contributed by atoms with van der Waals surface area (Å²) in [7, 11) is 0. The van der Waals surface area contributed by atoms with E-state index in [1.165, 1.54) is 37.0 Å². The first-order valence-electron chi connectivity index (χ1n) is 12.5.